The second-order valence-electron chi connectivity index (χ2n) is 4.34. The van der Waals surface area contributed by atoms with Gasteiger partial charge >= 0.3 is 5.97 Å². The number of hydrogen-bond acceptors (Lipinski definition) is 5. The van der Waals surface area contributed by atoms with Gasteiger partial charge in [0.25, 0.3) is 0 Å². The van der Waals surface area contributed by atoms with Crippen molar-refractivity contribution in [2.45, 2.75) is 18.9 Å². The van der Waals surface area contributed by atoms with Gasteiger partial charge in [-0.25, -0.2) is 0 Å². The fourth-order valence-electron chi connectivity index (χ4n) is 1.94. The van der Waals surface area contributed by atoms with Gasteiger partial charge in [-0.2, -0.15) is 11.8 Å². The van der Waals surface area contributed by atoms with Crippen molar-refractivity contribution in [3.8, 4) is 0 Å². The van der Waals surface area contributed by atoms with Crippen LogP contribution in [0.2, 0.25) is 0 Å². The lowest BCUT2D eigenvalue weighted by Crippen LogP contribution is -2.39. The number of carbonyl (C=O) groups excluding carboxylic acids is 1. The Morgan fingerprint density at radius 1 is 1.56 bits per heavy atom. The molecular formula is C11H19NO3S. The van der Waals surface area contributed by atoms with Gasteiger partial charge in [0.2, 0.25) is 0 Å². The molecule has 0 aromatic rings. The summed E-state index contributed by atoms with van der Waals surface area (Å²) in [6.07, 6.45) is 1.52. The molecule has 2 atom stereocenters. The van der Waals surface area contributed by atoms with Crippen LogP contribution in [-0.4, -0.2) is 49.9 Å². The fraction of sp³-hybridized carbons (Fsp3) is 0.909. The summed E-state index contributed by atoms with van der Waals surface area (Å²) in [6.45, 7) is 3.08. The second-order valence-corrected chi connectivity index (χ2v) is 5.49. The summed E-state index contributed by atoms with van der Waals surface area (Å²) in [5.74, 6) is 2.50. The average molecular weight is 245 g/mol. The van der Waals surface area contributed by atoms with Crippen molar-refractivity contribution in [2.75, 3.05) is 37.9 Å². The normalized spacial score (nSPS) is 30.2. The number of ether oxygens (including phenoxy) is 2. The third-order valence-electron chi connectivity index (χ3n) is 2.92. The molecule has 1 N–H and O–H groups in total. The summed E-state index contributed by atoms with van der Waals surface area (Å²) in [5.41, 5.74) is 0. The van der Waals surface area contributed by atoms with Gasteiger partial charge in [-0.15, -0.1) is 0 Å². The standard InChI is InChI=1S/C11H19NO3S/c13-11(5-10-8-16-4-2-12-10)15-7-9-1-3-14-6-9/h9-10,12H,1-8H2. The first-order chi connectivity index (χ1) is 7.84. The Morgan fingerprint density at radius 2 is 2.50 bits per heavy atom. The van der Waals surface area contributed by atoms with E-state index < -0.39 is 0 Å². The number of carbonyl (C=O) groups is 1. The molecule has 0 aliphatic carbocycles. The zero-order chi connectivity index (χ0) is 11.2. The molecule has 92 valence electrons. The van der Waals surface area contributed by atoms with Crippen molar-refractivity contribution < 1.29 is 14.3 Å². The molecule has 0 aromatic carbocycles. The highest BCUT2D eigenvalue weighted by atomic mass is 32.2. The lowest BCUT2D eigenvalue weighted by atomic mass is 10.1. The van der Waals surface area contributed by atoms with E-state index >= 15 is 0 Å². The first-order valence-corrected chi connectivity index (χ1v) is 7.04. The van der Waals surface area contributed by atoms with Gasteiger partial charge in [-0.3, -0.25) is 4.79 Å². The maximum atomic E-state index is 11.6. The van der Waals surface area contributed by atoms with Crippen LogP contribution in [0.15, 0.2) is 0 Å². The van der Waals surface area contributed by atoms with Crippen LogP contribution in [0.5, 0.6) is 0 Å². The van der Waals surface area contributed by atoms with Crippen molar-refractivity contribution in [1.82, 2.24) is 5.32 Å². The molecule has 2 unspecified atom stereocenters. The highest BCUT2D eigenvalue weighted by molar-refractivity contribution is 7.99. The third kappa shape index (κ3) is 3.96. The van der Waals surface area contributed by atoms with Gasteiger partial charge in [0.15, 0.2) is 0 Å². The van der Waals surface area contributed by atoms with Crippen molar-refractivity contribution in [2.24, 2.45) is 5.92 Å². The van der Waals surface area contributed by atoms with E-state index in [0.717, 1.165) is 37.7 Å². The minimum atomic E-state index is -0.0769. The van der Waals surface area contributed by atoms with E-state index in [9.17, 15) is 4.79 Å². The third-order valence-corrected chi connectivity index (χ3v) is 4.05. The van der Waals surface area contributed by atoms with Crippen LogP contribution in [0.4, 0.5) is 0 Å². The summed E-state index contributed by atoms with van der Waals surface area (Å²) in [7, 11) is 0. The topological polar surface area (TPSA) is 47.6 Å². The van der Waals surface area contributed by atoms with E-state index in [1.165, 1.54) is 0 Å². The highest BCUT2D eigenvalue weighted by Gasteiger charge is 2.20. The number of thioether (sulfide) groups is 1. The molecule has 0 radical (unpaired) electrons. The molecule has 0 aromatic heterocycles. The van der Waals surface area contributed by atoms with Gasteiger partial charge in [0.05, 0.1) is 19.6 Å². The summed E-state index contributed by atoms with van der Waals surface area (Å²) < 4.78 is 10.5. The molecule has 2 aliphatic rings. The largest absolute Gasteiger partial charge is 0.465 e. The van der Waals surface area contributed by atoms with E-state index in [1.807, 2.05) is 11.8 Å². The number of nitrogens with one attached hydrogen (secondary N) is 1. The SMILES string of the molecule is O=C(CC1CSCCN1)OCC1CCOC1. The molecule has 4 nitrogen and oxygen atoms in total. The van der Waals surface area contributed by atoms with Crippen molar-refractivity contribution in [1.29, 1.82) is 0 Å². The van der Waals surface area contributed by atoms with E-state index in [2.05, 4.69) is 5.32 Å². The molecule has 2 heterocycles. The molecule has 2 saturated heterocycles. The Balaban J connectivity index is 1.59. The number of hydrogen-bond donors (Lipinski definition) is 1. The Kier molecular flexibility index (Phi) is 4.93. The van der Waals surface area contributed by atoms with Crippen LogP contribution in [-0.2, 0) is 14.3 Å². The van der Waals surface area contributed by atoms with E-state index in [-0.39, 0.29) is 5.97 Å². The predicted molar refractivity (Wildman–Crippen MR) is 63.6 cm³/mol. The quantitative estimate of drug-likeness (QED) is 0.737. The van der Waals surface area contributed by atoms with Gasteiger partial charge in [-0.1, -0.05) is 0 Å². The van der Waals surface area contributed by atoms with Gasteiger partial charge in [0, 0.05) is 36.6 Å². The molecule has 2 rings (SSSR count). The zero-order valence-electron chi connectivity index (χ0n) is 9.44. The van der Waals surface area contributed by atoms with Gasteiger partial charge in [0.1, 0.15) is 0 Å². The maximum Gasteiger partial charge on any atom is 0.307 e. The monoisotopic (exact) mass is 245 g/mol. The van der Waals surface area contributed by atoms with Gasteiger partial charge in [-0.05, 0) is 6.42 Å². The fourth-order valence-corrected chi connectivity index (χ4v) is 2.89. The Bertz CT molecular complexity index is 225. The Hall–Kier alpha value is -0.260. The average Bonchev–Trinajstić information content (AvgIpc) is 2.81. The molecule has 0 bridgehead atoms. The zero-order valence-corrected chi connectivity index (χ0v) is 10.3. The van der Waals surface area contributed by atoms with Crippen molar-refractivity contribution in [3.63, 3.8) is 0 Å². The molecule has 16 heavy (non-hydrogen) atoms. The number of rotatable bonds is 4. The molecule has 0 amide bonds. The molecular weight excluding hydrogens is 226 g/mol. The van der Waals surface area contributed by atoms with E-state index in [4.69, 9.17) is 9.47 Å². The second kappa shape index (κ2) is 6.47. The molecule has 0 spiro atoms. The summed E-state index contributed by atoms with van der Waals surface area (Å²) in [6, 6.07) is 0.297. The minimum absolute atomic E-state index is 0.0769. The smallest absolute Gasteiger partial charge is 0.307 e. The van der Waals surface area contributed by atoms with E-state index in [1.54, 1.807) is 0 Å². The maximum absolute atomic E-state index is 11.6. The van der Waals surface area contributed by atoms with Crippen LogP contribution in [0.3, 0.4) is 0 Å². The van der Waals surface area contributed by atoms with Crippen LogP contribution >= 0.6 is 11.8 Å². The Morgan fingerprint density at radius 3 is 3.19 bits per heavy atom. The van der Waals surface area contributed by atoms with Crippen molar-refractivity contribution in [3.05, 3.63) is 0 Å². The first kappa shape index (κ1) is 12.2. The lowest BCUT2D eigenvalue weighted by molar-refractivity contribution is -0.145. The van der Waals surface area contributed by atoms with Gasteiger partial charge < -0.3 is 14.8 Å². The van der Waals surface area contributed by atoms with Crippen LogP contribution < -0.4 is 5.32 Å². The minimum Gasteiger partial charge on any atom is -0.465 e. The number of esters is 1. The Labute approximate surface area is 100 Å². The summed E-state index contributed by atoms with van der Waals surface area (Å²) in [5, 5.41) is 3.33. The molecule has 2 aliphatic heterocycles. The van der Waals surface area contributed by atoms with Crippen LogP contribution in [0, 0.1) is 5.92 Å². The summed E-state index contributed by atoms with van der Waals surface area (Å²) in [4.78, 5) is 11.6. The van der Waals surface area contributed by atoms with Crippen LogP contribution in [0.1, 0.15) is 12.8 Å². The molecule has 2 fully saturated rings. The summed E-state index contributed by atoms with van der Waals surface area (Å²) >= 11 is 1.90. The van der Waals surface area contributed by atoms with Crippen LogP contribution in [0.25, 0.3) is 0 Å². The lowest BCUT2D eigenvalue weighted by Gasteiger charge is -2.22. The highest BCUT2D eigenvalue weighted by Crippen LogP contribution is 2.14. The first-order valence-electron chi connectivity index (χ1n) is 5.89. The van der Waals surface area contributed by atoms with E-state index in [0.29, 0.717) is 25.0 Å². The molecule has 5 heteroatoms. The van der Waals surface area contributed by atoms with Crippen molar-refractivity contribution >= 4 is 17.7 Å². The predicted octanol–water partition coefficient (Wildman–Crippen LogP) is 0.661. The molecule has 0 saturated carbocycles.